The zero-order valence-corrected chi connectivity index (χ0v) is 16.7. The van der Waals surface area contributed by atoms with Gasteiger partial charge in [-0.25, -0.2) is 0 Å². The summed E-state index contributed by atoms with van der Waals surface area (Å²) in [6.07, 6.45) is 0.620. The molecule has 0 atom stereocenters. The standard InChI is InChI=1S/C19H21N3O5S/c1-12-9-10-15(27-12)18-20-21-19(28-11-5-8-16(23)24)22(18)17-13(25-2)6-4-7-14(17)26-3/h4,6-7,9-10H,5,8,11H2,1-3H3,(H,23,24). The smallest absolute Gasteiger partial charge is 0.303 e. The molecule has 0 aliphatic rings. The van der Waals surface area contributed by atoms with Crippen LogP contribution >= 0.6 is 11.8 Å². The van der Waals surface area contributed by atoms with Gasteiger partial charge in [-0.3, -0.25) is 9.36 Å². The molecule has 0 fully saturated rings. The maximum absolute atomic E-state index is 10.8. The number of benzene rings is 1. The Bertz CT molecular complexity index is 944. The van der Waals surface area contributed by atoms with Gasteiger partial charge in [0, 0.05) is 12.2 Å². The average Bonchev–Trinajstić information content (AvgIpc) is 3.30. The number of para-hydroxylation sites is 1. The number of hydrogen-bond acceptors (Lipinski definition) is 7. The van der Waals surface area contributed by atoms with Crippen molar-refractivity contribution in [3.05, 3.63) is 36.1 Å². The number of carboxylic acid groups (broad SMARTS) is 1. The first-order valence-electron chi connectivity index (χ1n) is 8.63. The third-order valence-corrected chi connectivity index (χ3v) is 5.00. The minimum atomic E-state index is -0.819. The molecule has 2 aromatic heterocycles. The predicted octanol–water partition coefficient (Wildman–Crippen LogP) is 3.81. The summed E-state index contributed by atoms with van der Waals surface area (Å²) in [7, 11) is 3.16. The maximum Gasteiger partial charge on any atom is 0.303 e. The zero-order valence-electron chi connectivity index (χ0n) is 15.8. The second-order valence-electron chi connectivity index (χ2n) is 5.91. The van der Waals surface area contributed by atoms with E-state index in [2.05, 4.69) is 10.2 Å². The molecular formula is C19H21N3O5S. The first-order valence-corrected chi connectivity index (χ1v) is 9.62. The summed E-state index contributed by atoms with van der Waals surface area (Å²) in [5.41, 5.74) is 0.655. The monoisotopic (exact) mass is 403 g/mol. The molecule has 0 saturated heterocycles. The molecule has 1 aromatic carbocycles. The molecular weight excluding hydrogens is 382 g/mol. The minimum absolute atomic E-state index is 0.101. The Morgan fingerprint density at radius 2 is 1.89 bits per heavy atom. The molecule has 0 aliphatic carbocycles. The summed E-state index contributed by atoms with van der Waals surface area (Å²) in [6.45, 7) is 1.86. The SMILES string of the molecule is COc1cccc(OC)c1-n1c(SCCCC(=O)O)nnc1-c1ccc(C)o1. The summed E-state index contributed by atoms with van der Waals surface area (Å²) in [4.78, 5) is 10.8. The molecule has 148 valence electrons. The Morgan fingerprint density at radius 1 is 1.18 bits per heavy atom. The molecule has 3 rings (SSSR count). The first kappa shape index (κ1) is 19.8. The lowest BCUT2D eigenvalue weighted by molar-refractivity contribution is -0.137. The molecule has 1 N–H and O–H groups in total. The van der Waals surface area contributed by atoms with Crippen molar-refractivity contribution in [1.82, 2.24) is 14.8 Å². The topological polar surface area (TPSA) is 99.6 Å². The summed E-state index contributed by atoms with van der Waals surface area (Å²) in [5.74, 6) is 2.78. The first-order chi connectivity index (χ1) is 13.5. The number of aromatic nitrogens is 3. The van der Waals surface area contributed by atoms with Crippen LogP contribution in [-0.4, -0.2) is 45.8 Å². The van der Waals surface area contributed by atoms with Crippen molar-refractivity contribution in [3.63, 3.8) is 0 Å². The van der Waals surface area contributed by atoms with Gasteiger partial charge in [0.05, 0.1) is 14.2 Å². The Labute approximate surface area is 166 Å². The summed E-state index contributed by atoms with van der Waals surface area (Å²) in [6, 6.07) is 9.17. The quantitative estimate of drug-likeness (QED) is 0.425. The van der Waals surface area contributed by atoms with Crippen LogP contribution < -0.4 is 9.47 Å². The van der Waals surface area contributed by atoms with Crippen LogP contribution in [0.5, 0.6) is 11.5 Å². The number of nitrogens with zero attached hydrogens (tertiary/aromatic N) is 3. The van der Waals surface area contributed by atoms with Crippen LogP contribution in [0.4, 0.5) is 0 Å². The van der Waals surface area contributed by atoms with E-state index in [-0.39, 0.29) is 6.42 Å². The van der Waals surface area contributed by atoms with Crippen LogP contribution in [0.2, 0.25) is 0 Å². The van der Waals surface area contributed by atoms with Crippen LogP contribution in [0.1, 0.15) is 18.6 Å². The number of carbonyl (C=O) groups is 1. The Balaban J connectivity index is 2.09. The van der Waals surface area contributed by atoms with Gasteiger partial charge in [-0.15, -0.1) is 10.2 Å². The molecule has 0 radical (unpaired) electrons. The van der Waals surface area contributed by atoms with E-state index in [1.165, 1.54) is 11.8 Å². The van der Waals surface area contributed by atoms with E-state index < -0.39 is 5.97 Å². The number of carboxylic acids is 1. The average molecular weight is 403 g/mol. The van der Waals surface area contributed by atoms with E-state index in [1.54, 1.807) is 14.2 Å². The molecule has 0 amide bonds. The number of methoxy groups -OCH3 is 2. The highest BCUT2D eigenvalue weighted by Crippen LogP contribution is 2.38. The van der Waals surface area contributed by atoms with Crippen molar-refractivity contribution in [1.29, 1.82) is 0 Å². The molecule has 2 heterocycles. The highest BCUT2D eigenvalue weighted by atomic mass is 32.2. The van der Waals surface area contributed by atoms with Gasteiger partial charge in [0.2, 0.25) is 5.82 Å². The fourth-order valence-electron chi connectivity index (χ4n) is 2.72. The minimum Gasteiger partial charge on any atom is -0.494 e. The van der Waals surface area contributed by atoms with Crippen LogP contribution in [0.15, 0.2) is 39.9 Å². The number of aryl methyl sites for hydroxylation is 1. The van der Waals surface area contributed by atoms with E-state index >= 15 is 0 Å². The van der Waals surface area contributed by atoms with Crippen molar-refractivity contribution < 1.29 is 23.8 Å². The number of furan rings is 1. The van der Waals surface area contributed by atoms with Gasteiger partial charge in [0.15, 0.2) is 10.9 Å². The van der Waals surface area contributed by atoms with Crippen LogP contribution in [-0.2, 0) is 4.79 Å². The lowest BCUT2D eigenvalue weighted by atomic mass is 10.2. The van der Waals surface area contributed by atoms with Crippen molar-refractivity contribution in [3.8, 4) is 28.8 Å². The largest absolute Gasteiger partial charge is 0.494 e. The molecule has 0 bridgehead atoms. The van der Waals surface area contributed by atoms with Gasteiger partial charge in [0.1, 0.15) is 22.9 Å². The normalized spacial score (nSPS) is 10.8. The zero-order chi connectivity index (χ0) is 20.1. The van der Waals surface area contributed by atoms with Gasteiger partial charge in [-0.2, -0.15) is 0 Å². The molecule has 0 aliphatic heterocycles. The molecule has 0 spiro atoms. The number of aliphatic carboxylic acids is 1. The van der Waals surface area contributed by atoms with Crippen LogP contribution in [0.25, 0.3) is 17.3 Å². The van der Waals surface area contributed by atoms with Gasteiger partial charge in [0.25, 0.3) is 0 Å². The molecule has 0 saturated carbocycles. The Kier molecular flexibility index (Phi) is 6.25. The van der Waals surface area contributed by atoms with E-state index in [4.69, 9.17) is 19.0 Å². The van der Waals surface area contributed by atoms with Gasteiger partial charge in [-0.05, 0) is 37.6 Å². The highest BCUT2D eigenvalue weighted by molar-refractivity contribution is 7.99. The molecule has 9 heteroatoms. The summed E-state index contributed by atoms with van der Waals surface area (Å²) >= 11 is 1.42. The van der Waals surface area contributed by atoms with Gasteiger partial charge < -0.3 is 19.0 Å². The lowest BCUT2D eigenvalue weighted by Gasteiger charge is -2.16. The van der Waals surface area contributed by atoms with Crippen molar-refractivity contribution >= 4 is 17.7 Å². The second-order valence-corrected chi connectivity index (χ2v) is 6.97. The van der Waals surface area contributed by atoms with Gasteiger partial charge in [-0.1, -0.05) is 17.8 Å². The molecule has 0 unspecified atom stereocenters. The Morgan fingerprint density at radius 3 is 2.46 bits per heavy atom. The summed E-state index contributed by atoms with van der Waals surface area (Å²) in [5, 5.41) is 18.1. The Hall–Kier alpha value is -2.94. The maximum atomic E-state index is 10.8. The van der Waals surface area contributed by atoms with E-state index in [9.17, 15) is 4.79 Å². The fraction of sp³-hybridized carbons (Fsp3) is 0.316. The third-order valence-electron chi connectivity index (χ3n) is 3.99. The molecule has 3 aromatic rings. The highest BCUT2D eigenvalue weighted by Gasteiger charge is 2.24. The number of thioether (sulfide) groups is 1. The lowest BCUT2D eigenvalue weighted by Crippen LogP contribution is -2.05. The fourth-order valence-corrected chi connectivity index (χ4v) is 3.59. The summed E-state index contributed by atoms with van der Waals surface area (Å²) < 4.78 is 18.7. The van der Waals surface area contributed by atoms with Crippen molar-refractivity contribution in [2.24, 2.45) is 0 Å². The van der Waals surface area contributed by atoms with E-state index in [0.29, 0.717) is 46.1 Å². The number of rotatable bonds is 9. The van der Waals surface area contributed by atoms with Crippen molar-refractivity contribution in [2.75, 3.05) is 20.0 Å². The second kappa shape index (κ2) is 8.83. The van der Waals surface area contributed by atoms with E-state index in [0.717, 1.165) is 5.76 Å². The third kappa shape index (κ3) is 4.14. The number of ether oxygens (including phenoxy) is 2. The van der Waals surface area contributed by atoms with Gasteiger partial charge >= 0.3 is 5.97 Å². The number of hydrogen-bond donors (Lipinski definition) is 1. The molecule has 8 nitrogen and oxygen atoms in total. The van der Waals surface area contributed by atoms with Crippen LogP contribution in [0.3, 0.4) is 0 Å². The van der Waals surface area contributed by atoms with E-state index in [1.807, 2.05) is 41.8 Å². The predicted molar refractivity (Wildman–Crippen MR) is 104 cm³/mol. The van der Waals surface area contributed by atoms with Crippen molar-refractivity contribution in [2.45, 2.75) is 24.9 Å². The van der Waals surface area contributed by atoms with Crippen LogP contribution in [0, 0.1) is 6.92 Å². The molecule has 28 heavy (non-hydrogen) atoms.